The number of nitrogens with zero attached hydrogens (tertiary/aromatic N) is 4. The lowest BCUT2D eigenvalue weighted by Gasteiger charge is -2.25. The van der Waals surface area contributed by atoms with Gasteiger partial charge in [0.1, 0.15) is 19.0 Å². The van der Waals surface area contributed by atoms with Gasteiger partial charge in [0.2, 0.25) is 0 Å². The van der Waals surface area contributed by atoms with E-state index < -0.39 is 10.9 Å². The topological polar surface area (TPSA) is 124 Å². The molecule has 0 aliphatic carbocycles. The first-order valence-corrected chi connectivity index (χ1v) is 11.7. The van der Waals surface area contributed by atoms with Crippen LogP contribution in [0.15, 0.2) is 77.2 Å². The van der Waals surface area contributed by atoms with Crippen LogP contribution in [0.1, 0.15) is 31.1 Å². The van der Waals surface area contributed by atoms with Crippen LogP contribution in [0, 0.1) is 10.1 Å². The van der Waals surface area contributed by atoms with E-state index in [-0.39, 0.29) is 28.0 Å². The van der Waals surface area contributed by atoms with Crippen molar-refractivity contribution >= 4 is 44.5 Å². The highest BCUT2D eigenvalue weighted by molar-refractivity contribution is 7.19. The fourth-order valence-corrected chi connectivity index (χ4v) is 3.61. The van der Waals surface area contributed by atoms with Gasteiger partial charge in [-0.05, 0) is 61.9 Å². The maximum absolute atomic E-state index is 11.8. The first-order chi connectivity index (χ1) is 17.0. The molecule has 0 aliphatic rings. The van der Waals surface area contributed by atoms with Crippen LogP contribution in [0.3, 0.4) is 0 Å². The van der Waals surface area contributed by atoms with Gasteiger partial charge in [-0.25, -0.2) is 4.79 Å². The molecular formula is C25H28N4O6S. The van der Waals surface area contributed by atoms with Crippen molar-refractivity contribution in [2.45, 2.75) is 20.8 Å². The van der Waals surface area contributed by atoms with Crippen molar-refractivity contribution in [3.8, 4) is 0 Å². The van der Waals surface area contributed by atoms with Crippen LogP contribution in [-0.2, 0) is 14.3 Å². The summed E-state index contributed by atoms with van der Waals surface area (Å²) in [6, 6.07) is 8.26. The molecule has 0 saturated carbocycles. The van der Waals surface area contributed by atoms with Gasteiger partial charge < -0.3 is 14.4 Å². The number of carbonyl (C=O) groups excluding carboxylic acids is 2. The van der Waals surface area contributed by atoms with Crippen molar-refractivity contribution < 1.29 is 24.0 Å². The number of ether oxygens (including phenoxy) is 2. The first-order valence-electron chi connectivity index (χ1n) is 10.9. The average molecular weight is 513 g/mol. The van der Waals surface area contributed by atoms with Gasteiger partial charge in [-0.2, -0.15) is 0 Å². The van der Waals surface area contributed by atoms with E-state index in [1.165, 1.54) is 13.0 Å². The summed E-state index contributed by atoms with van der Waals surface area (Å²) >= 11 is 0.787. The standard InChI is InChI=1S/C25H28N4O6S/c1-16(2)19(6)34-13-11-28(12-14-35-25(31)17(3)4)21-9-7-20(8-10-21)26-27-24-22(18(5)30)15-23(36-24)29(32)33/h7-10,15H,1,3,6,11-14H2,2,4-5H3. The number of ketones is 1. The fourth-order valence-electron chi connectivity index (χ4n) is 2.76. The van der Waals surface area contributed by atoms with Crippen molar-refractivity contribution in [1.29, 1.82) is 0 Å². The molecule has 0 unspecified atom stereocenters. The summed E-state index contributed by atoms with van der Waals surface area (Å²) in [5.41, 5.74) is 2.52. The number of thiophene rings is 1. The molecule has 0 bridgehead atoms. The van der Waals surface area contributed by atoms with Gasteiger partial charge in [-0.15, -0.1) is 10.2 Å². The van der Waals surface area contributed by atoms with Gasteiger partial charge in [0, 0.05) is 17.3 Å². The van der Waals surface area contributed by atoms with Crippen LogP contribution in [-0.4, -0.2) is 43.0 Å². The number of benzene rings is 1. The number of rotatable bonds is 14. The Bertz CT molecular complexity index is 1170. The molecule has 0 saturated heterocycles. The molecule has 36 heavy (non-hydrogen) atoms. The molecule has 2 aromatic rings. The minimum atomic E-state index is -0.567. The minimum Gasteiger partial charge on any atom is -0.492 e. The normalized spacial score (nSPS) is 10.6. The Hall–Kier alpha value is -4.12. The minimum absolute atomic E-state index is 0.152. The maximum atomic E-state index is 11.8. The van der Waals surface area contributed by atoms with E-state index in [1.54, 1.807) is 26.0 Å². The van der Waals surface area contributed by atoms with Crippen LogP contribution < -0.4 is 4.90 Å². The number of anilines is 1. The number of hydrogen-bond donors (Lipinski definition) is 0. The van der Waals surface area contributed by atoms with Gasteiger partial charge in [-0.3, -0.25) is 14.9 Å². The molecule has 1 heterocycles. The molecule has 190 valence electrons. The smallest absolute Gasteiger partial charge is 0.333 e. The van der Waals surface area contributed by atoms with E-state index in [9.17, 15) is 19.7 Å². The van der Waals surface area contributed by atoms with Gasteiger partial charge >= 0.3 is 11.0 Å². The summed E-state index contributed by atoms with van der Waals surface area (Å²) in [4.78, 5) is 35.9. The molecule has 0 aliphatic heterocycles. The Morgan fingerprint density at radius 3 is 2.14 bits per heavy atom. The lowest BCUT2D eigenvalue weighted by atomic mass is 10.2. The lowest BCUT2D eigenvalue weighted by molar-refractivity contribution is -0.380. The van der Waals surface area contributed by atoms with Crippen LogP contribution in [0.2, 0.25) is 0 Å². The zero-order chi connectivity index (χ0) is 26.8. The Morgan fingerprint density at radius 2 is 1.61 bits per heavy atom. The third kappa shape index (κ3) is 8.27. The number of nitro groups is 1. The zero-order valence-corrected chi connectivity index (χ0v) is 21.3. The van der Waals surface area contributed by atoms with E-state index in [0.29, 0.717) is 36.7 Å². The van der Waals surface area contributed by atoms with Gasteiger partial charge in [0.15, 0.2) is 10.8 Å². The number of hydrogen-bond acceptors (Lipinski definition) is 10. The molecule has 2 rings (SSSR count). The summed E-state index contributed by atoms with van der Waals surface area (Å²) in [5.74, 6) is -0.294. The molecule has 0 spiro atoms. The monoisotopic (exact) mass is 512 g/mol. The quantitative estimate of drug-likeness (QED) is 0.0425. The average Bonchev–Trinajstić information content (AvgIpc) is 3.27. The van der Waals surface area contributed by atoms with Crippen molar-refractivity contribution in [2.75, 3.05) is 31.2 Å². The van der Waals surface area contributed by atoms with Crippen LogP contribution in [0.4, 0.5) is 21.4 Å². The van der Waals surface area contributed by atoms with E-state index in [0.717, 1.165) is 22.6 Å². The summed E-state index contributed by atoms with van der Waals surface area (Å²) in [6.45, 7) is 17.3. The summed E-state index contributed by atoms with van der Waals surface area (Å²) in [7, 11) is 0. The first kappa shape index (κ1) is 28.1. The van der Waals surface area contributed by atoms with Gasteiger partial charge in [0.05, 0.1) is 29.3 Å². The third-order valence-electron chi connectivity index (χ3n) is 4.79. The van der Waals surface area contributed by atoms with Crippen LogP contribution in [0.25, 0.3) is 0 Å². The summed E-state index contributed by atoms with van der Waals surface area (Å²) in [5, 5.41) is 19.2. The lowest BCUT2D eigenvalue weighted by Crippen LogP contribution is -2.31. The Morgan fingerprint density at radius 1 is 1.00 bits per heavy atom. The number of esters is 1. The van der Waals surface area contributed by atoms with Crippen molar-refractivity contribution in [2.24, 2.45) is 10.2 Å². The third-order valence-corrected chi connectivity index (χ3v) is 5.76. The zero-order valence-electron chi connectivity index (χ0n) is 20.5. The van der Waals surface area contributed by atoms with Gasteiger partial charge in [0.25, 0.3) is 0 Å². The second kappa shape index (κ2) is 13.1. The Labute approximate surface area is 213 Å². The molecule has 1 aromatic carbocycles. The van der Waals surface area contributed by atoms with Crippen molar-refractivity contribution in [3.05, 3.63) is 82.7 Å². The number of allylic oxidation sites excluding steroid dienone is 1. The van der Waals surface area contributed by atoms with E-state index >= 15 is 0 Å². The van der Waals surface area contributed by atoms with Gasteiger partial charge in [-0.1, -0.05) is 19.7 Å². The molecule has 1 aromatic heterocycles. The second-order valence-corrected chi connectivity index (χ2v) is 8.80. The summed E-state index contributed by atoms with van der Waals surface area (Å²) in [6.07, 6.45) is 0. The van der Waals surface area contributed by atoms with Crippen LogP contribution >= 0.6 is 11.3 Å². The molecule has 0 radical (unpaired) electrons. The molecule has 0 amide bonds. The van der Waals surface area contributed by atoms with Crippen molar-refractivity contribution in [3.63, 3.8) is 0 Å². The SMILES string of the molecule is C=C(C)C(=C)OCCN(CCOC(=O)C(=C)C)c1ccc(N=Nc2sc([N+](=O)[O-])cc2C(C)=O)cc1. The highest BCUT2D eigenvalue weighted by Gasteiger charge is 2.19. The number of carbonyl (C=O) groups is 2. The maximum Gasteiger partial charge on any atom is 0.333 e. The molecule has 10 nitrogen and oxygen atoms in total. The van der Waals surface area contributed by atoms with E-state index in [2.05, 4.69) is 30.0 Å². The summed E-state index contributed by atoms with van der Waals surface area (Å²) < 4.78 is 10.8. The molecular weight excluding hydrogens is 484 g/mol. The number of Topliss-reactive ketones (excluding diaryl/α,β-unsaturated/α-hetero) is 1. The Kier molecular flexibility index (Phi) is 10.2. The molecule has 0 atom stereocenters. The van der Waals surface area contributed by atoms with E-state index in [4.69, 9.17) is 9.47 Å². The molecule has 11 heteroatoms. The second-order valence-electron chi connectivity index (χ2n) is 7.79. The highest BCUT2D eigenvalue weighted by atomic mass is 32.1. The molecule has 0 N–H and O–H groups in total. The molecule has 0 fully saturated rings. The Balaban J connectivity index is 2.15. The van der Waals surface area contributed by atoms with Crippen LogP contribution in [0.5, 0.6) is 0 Å². The number of azo groups is 1. The van der Waals surface area contributed by atoms with E-state index in [1.807, 2.05) is 17.0 Å². The fraction of sp³-hybridized carbons (Fsp3) is 0.280. The largest absolute Gasteiger partial charge is 0.492 e. The predicted molar refractivity (Wildman–Crippen MR) is 139 cm³/mol. The van der Waals surface area contributed by atoms with Crippen molar-refractivity contribution in [1.82, 2.24) is 0 Å². The highest BCUT2D eigenvalue weighted by Crippen LogP contribution is 2.37. The predicted octanol–water partition coefficient (Wildman–Crippen LogP) is 6.31.